The number of rotatable bonds is 6. The number of hydrogen-bond acceptors (Lipinski definition) is 3. The van der Waals surface area contributed by atoms with E-state index in [2.05, 4.69) is 4.72 Å². The fourth-order valence-electron chi connectivity index (χ4n) is 1.91. The van der Waals surface area contributed by atoms with Crippen molar-refractivity contribution in [2.24, 2.45) is 5.92 Å². The Balaban J connectivity index is 2.31. The number of aryl methyl sites for hydroxylation is 1. The van der Waals surface area contributed by atoms with Crippen LogP contribution in [-0.4, -0.2) is 15.0 Å². The molecule has 4 nitrogen and oxygen atoms in total. The van der Waals surface area contributed by atoms with Gasteiger partial charge in [0.25, 0.3) is 10.0 Å². The number of halogens is 1. The molecular weight excluding hydrogens is 317 g/mol. The first-order valence-electron chi connectivity index (χ1n) is 7.30. The van der Waals surface area contributed by atoms with Gasteiger partial charge in [-0.1, -0.05) is 37.6 Å². The average molecular weight is 337 g/mol. The number of benzene rings is 2. The van der Waals surface area contributed by atoms with Crippen LogP contribution in [0.2, 0.25) is 0 Å². The summed E-state index contributed by atoms with van der Waals surface area (Å²) in [6.45, 7) is 6.02. The summed E-state index contributed by atoms with van der Waals surface area (Å²) in [5.74, 6) is -0.497. The molecule has 0 aliphatic rings. The summed E-state index contributed by atoms with van der Waals surface area (Å²) in [5, 5.41) is 0. The lowest BCUT2D eigenvalue weighted by atomic mass is 10.2. The first-order chi connectivity index (χ1) is 10.8. The van der Waals surface area contributed by atoms with E-state index in [0.717, 1.165) is 5.56 Å². The van der Waals surface area contributed by atoms with Gasteiger partial charge < -0.3 is 4.74 Å². The quantitative estimate of drug-likeness (QED) is 0.868. The van der Waals surface area contributed by atoms with Crippen LogP contribution in [0.4, 0.5) is 10.1 Å². The predicted molar refractivity (Wildman–Crippen MR) is 88.7 cm³/mol. The molecule has 0 saturated heterocycles. The van der Waals surface area contributed by atoms with Crippen LogP contribution in [0.1, 0.15) is 19.4 Å². The summed E-state index contributed by atoms with van der Waals surface area (Å²) in [7, 11) is -3.80. The first-order valence-corrected chi connectivity index (χ1v) is 8.78. The zero-order valence-corrected chi connectivity index (χ0v) is 14.2. The molecular formula is C17H20FNO3S. The molecule has 0 spiro atoms. The number of anilines is 1. The maximum absolute atomic E-state index is 14.0. The summed E-state index contributed by atoms with van der Waals surface area (Å²) >= 11 is 0. The van der Waals surface area contributed by atoms with Gasteiger partial charge >= 0.3 is 0 Å². The lowest BCUT2D eigenvalue weighted by Gasteiger charge is -2.15. The Kier molecular flexibility index (Phi) is 5.26. The van der Waals surface area contributed by atoms with Gasteiger partial charge in [-0.15, -0.1) is 0 Å². The second-order valence-electron chi connectivity index (χ2n) is 5.74. The van der Waals surface area contributed by atoms with Crippen LogP contribution >= 0.6 is 0 Å². The zero-order chi connectivity index (χ0) is 17.0. The highest BCUT2D eigenvalue weighted by Gasteiger charge is 2.18. The lowest BCUT2D eigenvalue weighted by molar-refractivity contribution is 0.261. The summed E-state index contributed by atoms with van der Waals surface area (Å²) < 4.78 is 46.6. The third-order valence-electron chi connectivity index (χ3n) is 3.10. The Morgan fingerprint density at radius 3 is 2.39 bits per heavy atom. The number of sulfonamides is 1. The Labute approximate surface area is 136 Å². The minimum absolute atomic E-state index is 0.0862. The van der Waals surface area contributed by atoms with Gasteiger partial charge in [0.2, 0.25) is 0 Å². The van der Waals surface area contributed by atoms with E-state index in [4.69, 9.17) is 4.74 Å². The van der Waals surface area contributed by atoms with E-state index in [1.165, 1.54) is 30.3 Å². The molecule has 2 rings (SSSR count). The van der Waals surface area contributed by atoms with Gasteiger partial charge in [-0.2, -0.15) is 0 Å². The molecule has 0 aliphatic heterocycles. The summed E-state index contributed by atoms with van der Waals surface area (Å²) in [4.78, 5) is 0.113. The van der Waals surface area contributed by atoms with Gasteiger partial charge in [-0.3, -0.25) is 4.72 Å². The zero-order valence-electron chi connectivity index (χ0n) is 13.3. The topological polar surface area (TPSA) is 55.4 Å². The van der Waals surface area contributed by atoms with E-state index in [-0.39, 0.29) is 22.3 Å². The summed E-state index contributed by atoms with van der Waals surface area (Å²) in [6, 6.07) is 10.6. The van der Waals surface area contributed by atoms with E-state index in [1.807, 2.05) is 20.8 Å². The number of hydrogen-bond donors (Lipinski definition) is 1. The van der Waals surface area contributed by atoms with E-state index >= 15 is 0 Å². The van der Waals surface area contributed by atoms with Gasteiger partial charge in [-0.05, 0) is 37.1 Å². The number of para-hydroxylation sites is 1. The standard InChI is InChI=1S/C17H20FNO3S/c1-12(2)11-22-17-15(18)5-4-6-16(17)19-23(20,21)14-9-7-13(3)8-10-14/h4-10,12,19H,11H2,1-3H3. The van der Waals surface area contributed by atoms with E-state index < -0.39 is 15.8 Å². The summed E-state index contributed by atoms with van der Waals surface area (Å²) in [5.41, 5.74) is 1.04. The van der Waals surface area contributed by atoms with Crippen molar-refractivity contribution in [2.75, 3.05) is 11.3 Å². The Morgan fingerprint density at radius 1 is 1.13 bits per heavy atom. The van der Waals surface area contributed by atoms with Crippen molar-refractivity contribution < 1.29 is 17.5 Å². The van der Waals surface area contributed by atoms with Crippen LogP contribution in [0.3, 0.4) is 0 Å². The van der Waals surface area contributed by atoms with Crippen LogP contribution in [0, 0.1) is 18.7 Å². The molecule has 0 atom stereocenters. The molecule has 0 saturated carbocycles. The Morgan fingerprint density at radius 2 is 1.78 bits per heavy atom. The van der Waals surface area contributed by atoms with Crippen molar-refractivity contribution in [3.05, 3.63) is 53.8 Å². The molecule has 0 aliphatic carbocycles. The molecule has 2 aromatic carbocycles. The van der Waals surface area contributed by atoms with Gasteiger partial charge in [0.15, 0.2) is 11.6 Å². The minimum Gasteiger partial charge on any atom is -0.488 e. The second kappa shape index (κ2) is 7.00. The average Bonchev–Trinajstić information content (AvgIpc) is 2.46. The monoisotopic (exact) mass is 337 g/mol. The molecule has 23 heavy (non-hydrogen) atoms. The maximum Gasteiger partial charge on any atom is 0.262 e. The lowest BCUT2D eigenvalue weighted by Crippen LogP contribution is -2.15. The van der Waals surface area contributed by atoms with Crippen LogP contribution in [-0.2, 0) is 10.0 Å². The second-order valence-corrected chi connectivity index (χ2v) is 7.42. The minimum atomic E-state index is -3.80. The maximum atomic E-state index is 14.0. The van der Waals surface area contributed by atoms with E-state index in [9.17, 15) is 12.8 Å². The first kappa shape index (κ1) is 17.3. The molecule has 0 radical (unpaired) electrons. The largest absolute Gasteiger partial charge is 0.488 e. The fraction of sp³-hybridized carbons (Fsp3) is 0.294. The predicted octanol–water partition coefficient (Wildman–Crippen LogP) is 3.97. The Bertz CT molecular complexity index is 771. The molecule has 2 aromatic rings. The van der Waals surface area contributed by atoms with Crippen molar-refractivity contribution in [2.45, 2.75) is 25.7 Å². The smallest absolute Gasteiger partial charge is 0.262 e. The van der Waals surface area contributed by atoms with Gasteiger partial charge in [0, 0.05) is 0 Å². The van der Waals surface area contributed by atoms with Gasteiger partial charge in [0.1, 0.15) is 0 Å². The van der Waals surface area contributed by atoms with Crippen molar-refractivity contribution in [1.82, 2.24) is 0 Å². The summed E-state index contributed by atoms with van der Waals surface area (Å²) in [6.07, 6.45) is 0. The van der Waals surface area contributed by atoms with Crippen molar-refractivity contribution in [3.63, 3.8) is 0 Å². The highest BCUT2D eigenvalue weighted by Crippen LogP contribution is 2.30. The Hall–Kier alpha value is -2.08. The molecule has 0 amide bonds. The van der Waals surface area contributed by atoms with Crippen LogP contribution < -0.4 is 9.46 Å². The molecule has 124 valence electrons. The van der Waals surface area contributed by atoms with E-state index in [1.54, 1.807) is 12.1 Å². The van der Waals surface area contributed by atoms with Crippen LogP contribution in [0.25, 0.3) is 0 Å². The van der Waals surface area contributed by atoms with Crippen molar-refractivity contribution >= 4 is 15.7 Å². The third kappa shape index (κ3) is 4.45. The van der Waals surface area contributed by atoms with Crippen molar-refractivity contribution in [3.8, 4) is 5.75 Å². The highest BCUT2D eigenvalue weighted by molar-refractivity contribution is 7.92. The van der Waals surface area contributed by atoms with E-state index in [0.29, 0.717) is 6.61 Å². The van der Waals surface area contributed by atoms with Gasteiger partial charge in [0.05, 0.1) is 17.2 Å². The van der Waals surface area contributed by atoms with Crippen molar-refractivity contribution in [1.29, 1.82) is 0 Å². The number of nitrogens with one attached hydrogen (secondary N) is 1. The van der Waals surface area contributed by atoms with Crippen LogP contribution in [0.5, 0.6) is 5.75 Å². The number of ether oxygens (including phenoxy) is 1. The fourth-order valence-corrected chi connectivity index (χ4v) is 2.97. The van der Waals surface area contributed by atoms with Gasteiger partial charge in [-0.25, -0.2) is 12.8 Å². The normalized spacial score (nSPS) is 11.5. The SMILES string of the molecule is Cc1ccc(S(=O)(=O)Nc2cccc(F)c2OCC(C)C)cc1. The highest BCUT2D eigenvalue weighted by atomic mass is 32.2. The molecule has 0 unspecified atom stereocenters. The molecule has 0 heterocycles. The molecule has 1 N–H and O–H groups in total. The molecule has 6 heteroatoms. The van der Waals surface area contributed by atoms with Crippen LogP contribution in [0.15, 0.2) is 47.4 Å². The molecule has 0 aromatic heterocycles. The molecule has 0 bridgehead atoms. The third-order valence-corrected chi connectivity index (χ3v) is 4.49. The molecule has 0 fully saturated rings.